The molecule has 18 heavy (non-hydrogen) atoms. The minimum absolute atomic E-state index is 0.254. The molecule has 0 aromatic carbocycles. The van der Waals surface area contributed by atoms with Crippen molar-refractivity contribution in [3.05, 3.63) is 0 Å². The van der Waals surface area contributed by atoms with Crippen LogP contribution < -0.4 is 5.73 Å². The lowest BCUT2D eigenvalue weighted by Crippen LogP contribution is -2.52. The van der Waals surface area contributed by atoms with Crippen LogP contribution in [0.4, 0.5) is 0 Å². The molecule has 2 heterocycles. The van der Waals surface area contributed by atoms with Crippen LogP contribution in [0.1, 0.15) is 0 Å². The molecule has 2 rings (SSSR count). The molecule has 0 spiro atoms. The average molecular weight is 256 g/mol. The van der Waals surface area contributed by atoms with Gasteiger partial charge in [0.25, 0.3) is 0 Å². The van der Waals surface area contributed by atoms with E-state index in [-0.39, 0.29) is 5.91 Å². The van der Waals surface area contributed by atoms with Crippen LogP contribution >= 0.6 is 0 Å². The van der Waals surface area contributed by atoms with E-state index in [2.05, 4.69) is 9.80 Å². The number of amides is 1. The number of nitrogens with two attached hydrogens (primary N) is 1. The standard InChI is InChI=1S/C12H24N4O2/c13-1-2-14-3-5-16(6-4-14)12(17)11-15-7-9-18-10-8-15/h1-11,13H2. The second-order valence-electron chi connectivity index (χ2n) is 4.90. The second kappa shape index (κ2) is 7.04. The van der Waals surface area contributed by atoms with Crippen molar-refractivity contribution in [2.24, 2.45) is 5.73 Å². The van der Waals surface area contributed by atoms with Gasteiger partial charge in [-0.2, -0.15) is 0 Å². The number of carbonyl (C=O) groups excluding carboxylic acids is 1. The number of carbonyl (C=O) groups is 1. The smallest absolute Gasteiger partial charge is 0.236 e. The summed E-state index contributed by atoms with van der Waals surface area (Å²) in [6.07, 6.45) is 0. The summed E-state index contributed by atoms with van der Waals surface area (Å²) in [5.74, 6) is 0.254. The third kappa shape index (κ3) is 3.91. The third-order valence-electron chi connectivity index (χ3n) is 3.63. The van der Waals surface area contributed by atoms with E-state index < -0.39 is 0 Å². The molecule has 2 fully saturated rings. The topological polar surface area (TPSA) is 62.0 Å². The van der Waals surface area contributed by atoms with Crippen molar-refractivity contribution in [2.75, 3.05) is 72.1 Å². The Hall–Kier alpha value is -0.690. The zero-order valence-corrected chi connectivity index (χ0v) is 11.0. The lowest BCUT2D eigenvalue weighted by atomic mass is 10.3. The van der Waals surface area contributed by atoms with Crippen LogP contribution in [0.3, 0.4) is 0 Å². The Bertz CT molecular complexity index is 261. The van der Waals surface area contributed by atoms with Crippen molar-refractivity contribution >= 4 is 5.91 Å². The number of rotatable bonds is 4. The molecule has 104 valence electrons. The van der Waals surface area contributed by atoms with Gasteiger partial charge in [0, 0.05) is 52.4 Å². The van der Waals surface area contributed by atoms with E-state index in [1.807, 2.05) is 4.90 Å². The van der Waals surface area contributed by atoms with Gasteiger partial charge in [-0.1, -0.05) is 0 Å². The monoisotopic (exact) mass is 256 g/mol. The lowest BCUT2D eigenvalue weighted by molar-refractivity contribution is -0.135. The Balaban J connectivity index is 1.70. The van der Waals surface area contributed by atoms with E-state index >= 15 is 0 Å². The van der Waals surface area contributed by atoms with E-state index in [4.69, 9.17) is 10.5 Å². The number of ether oxygens (including phenoxy) is 1. The largest absolute Gasteiger partial charge is 0.379 e. The summed E-state index contributed by atoms with van der Waals surface area (Å²) in [5, 5.41) is 0. The minimum atomic E-state index is 0.254. The van der Waals surface area contributed by atoms with E-state index in [1.54, 1.807) is 0 Å². The highest BCUT2D eigenvalue weighted by molar-refractivity contribution is 5.78. The Morgan fingerprint density at radius 1 is 1.00 bits per heavy atom. The molecule has 0 unspecified atom stereocenters. The average Bonchev–Trinajstić information content (AvgIpc) is 2.41. The Labute approximate surface area is 109 Å². The van der Waals surface area contributed by atoms with Gasteiger partial charge in [-0.15, -0.1) is 0 Å². The SMILES string of the molecule is NCCN1CCN(C(=O)CN2CCOCC2)CC1. The fourth-order valence-electron chi connectivity index (χ4n) is 2.45. The highest BCUT2D eigenvalue weighted by Crippen LogP contribution is 2.04. The van der Waals surface area contributed by atoms with Crippen LogP contribution in [0.2, 0.25) is 0 Å². The van der Waals surface area contributed by atoms with Crippen molar-refractivity contribution in [2.45, 2.75) is 0 Å². The van der Waals surface area contributed by atoms with Crippen LogP contribution in [-0.4, -0.2) is 92.7 Å². The molecule has 0 saturated carbocycles. The van der Waals surface area contributed by atoms with Gasteiger partial charge in [-0.3, -0.25) is 14.6 Å². The summed E-state index contributed by atoms with van der Waals surface area (Å²) >= 11 is 0. The van der Waals surface area contributed by atoms with Crippen molar-refractivity contribution in [3.8, 4) is 0 Å². The van der Waals surface area contributed by atoms with E-state index in [0.29, 0.717) is 13.1 Å². The molecule has 0 aromatic heterocycles. The molecule has 0 aliphatic carbocycles. The minimum Gasteiger partial charge on any atom is -0.379 e. The molecule has 6 nitrogen and oxygen atoms in total. The maximum atomic E-state index is 12.1. The van der Waals surface area contributed by atoms with E-state index in [9.17, 15) is 4.79 Å². The fraction of sp³-hybridized carbons (Fsp3) is 0.917. The number of nitrogens with zero attached hydrogens (tertiary/aromatic N) is 3. The molecule has 0 bridgehead atoms. The molecule has 1 amide bonds. The highest BCUT2D eigenvalue weighted by atomic mass is 16.5. The van der Waals surface area contributed by atoms with Gasteiger partial charge in [0.05, 0.1) is 19.8 Å². The second-order valence-corrected chi connectivity index (χ2v) is 4.90. The van der Waals surface area contributed by atoms with Gasteiger partial charge >= 0.3 is 0 Å². The van der Waals surface area contributed by atoms with Crippen molar-refractivity contribution in [1.82, 2.24) is 14.7 Å². The van der Waals surface area contributed by atoms with E-state index in [0.717, 1.165) is 59.0 Å². The van der Waals surface area contributed by atoms with Crippen LogP contribution in [0, 0.1) is 0 Å². The predicted molar refractivity (Wildman–Crippen MR) is 69.3 cm³/mol. The van der Waals surface area contributed by atoms with Crippen molar-refractivity contribution < 1.29 is 9.53 Å². The number of hydrogen-bond donors (Lipinski definition) is 1. The molecule has 2 N–H and O–H groups in total. The number of piperazine rings is 1. The third-order valence-corrected chi connectivity index (χ3v) is 3.63. The van der Waals surface area contributed by atoms with Gasteiger partial charge in [0.2, 0.25) is 5.91 Å². The van der Waals surface area contributed by atoms with Crippen molar-refractivity contribution in [1.29, 1.82) is 0 Å². The summed E-state index contributed by atoms with van der Waals surface area (Å²) < 4.78 is 5.28. The van der Waals surface area contributed by atoms with Crippen LogP contribution in [0.15, 0.2) is 0 Å². The van der Waals surface area contributed by atoms with Gasteiger partial charge < -0.3 is 15.4 Å². The van der Waals surface area contributed by atoms with Crippen LogP contribution in [0.25, 0.3) is 0 Å². The zero-order chi connectivity index (χ0) is 12.8. The number of hydrogen-bond acceptors (Lipinski definition) is 5. The first-order chi connectivity index (χ1) is 8.79. The highest BCUT2D eigenvalue weighted by Gasteiger charge is 2.22. The van der Waals surface area contributed by atoms with Gasteiger partial charge in [0.15, 0.2) is 0 Å². The first-order valence-corrected chi connectivity index (χ1v) is 6.80. The molecular formula is C12H24N4O2. The Morgan fingerprint density at radius 3 is 2.28 bits per heavy atom. The summed E-state index contributed by atoms with van der Waals surface area (Å²) in [6.45, 7) is 8.99. The Morgan fingerprint density at radius 2 is 1.67 bits per heavy atom. The lowest BCUT2D eigenvalue weighted by Gasteiger charge is -2.36. The maximum Gasteiger partial charge on any atom is 0.236 e. The molecule has 0 radical (unpaired) electrons. The zero-order valence-electron chi connectivity index (χ0n) is 11.0. The molecule has 2 aliphatic heterocycles. The fourth-order valence-corrected chi connectivity index (χ4v) is 2.45. The maximum absolute atomic E-state index is 12.1. The molecule has 2 saturated heterocycles. The summed E-state index contributed by atoms with van der Waals surface area (Å²) in [4.78, 5) is 18.6. The van der Waals surface area contributed by atoms with Gasteiger partial charge in [0.1, 0.15) is 0 Å². The van der Waals surface area contributed by atoms with Crippen molar-refractivity contribution in [3.63, 3.8) is 0 Å². The molecule has 6 heteroatoms. The molecular weight excluding hydrogens is 232 g/mol. The van der Waals surface area contributed by atoms with Gasteiger partial charge in [-0.05, 0) is 0 Å². The summed E-state index contributed by atoms with van der Waals surface area (Å²) in [5.41, 5.74) is 5.54. The summed E-state index contributed by atoms with van der Waals surface area (Å²) in [6, 6.07) is 0. The predicted octanol–water partition coefficient (Wildman–Crippen LogP) is -1.58. The van der Waals surface area contributed by atoms with Crippen LogP contribution in [-0.2, 0) is 9.53 Å². The van der Waals surface area contributed by atoms with Gasteiger partial charge in [-0.25, -0.2) is 0 Å². The van der Waals surface area contributed by atoms with E-state index in [1.165, 1.54) is 0 Å². The number of morpholine rings is 1. The van der Waals surface area contributed by atoms with Crippen LogP contribution in [0.5, 0.6) is 0 Å². The Kier molecular flexibility index (Phi) is 5.37. The summed E-state index contributed by atoms with van der Waals surface area (Å²) in [7, 11) is 0. The first-order valence-electron chi connectivity index (χ1n) is 6.80. The normalized spacial score (nSPS) is 23.3. The first kappa shape index (κ1) is 13.7. The molecule has 0 atom stereocenters. The molecule has 0 aromatic rings. The quantitative estimate of drug-likeness (QED) is 0.658. The molecule has 2 aliphatic rings.